The molecule has 0 unspecified atom stereocenters. The third kappa shape index (κ3) is 6.42. The zero-order valence-corrected chi connectivity index (χ0v) is 34.6. The van der Waals surface area contributed by atoms with Gasteiger partial charge < -0.3 is 4.90 Å². The largest absolute Gasteiger partial charge is 0.309 e. The molecule has 0 saturated heterocycles. The molecule has 1 nitrogen and oxygen atoms in total. The van der Waals surface area contributed by atoms with Crippen molar-refractivity contribution in [2.24, 2.45) is 0 Å². The number of nitrogens with zero attached hydrogens (tertiary/aromatic N) is 1. The third-order valence-electron chi connectivity index (χ3n) is 12.8. The molecule has 0 N–H and O–H groups in total. The van der Waals surface area contributed by atoms with Crippen molar-refractivity contribution in [3.05, 3.63) is 249 Å². The fourth-order valence-electron chi connectivity index (χ4n) is 9.82. The number of anilines is 3. The van der Waals surface area contributed by atoms with Crippen molar-refractivity contribution < 1.29 is 0 Å². The summed E-state index contributed by atoms with van der Waals surface area (Å²) in [6.45, 7) is 0. The van der Waals surface area contributed by atoms with Gasteiger partial charge in [-0.2, -0.15) is 0 Å². The Balaban J connectivity index is 1.11. The molecule has 0 amide bonds. The fraction of sp³-hybridized carbons (Fsp3) is 0. The Morgan fingerprint density at radius 3 is 1.54 bits per heavy atom. The summed E-state index contributed by atoms with van der Waals surface area (Å²) in [7, 11) is 0. The van der Waals surface area contributed by atoms with E-state index in [9.17, 15) is 0 Å². The first kappa shape index (κ1) is 36.6. The normalized spacial score (nSPS) is 11.5. The van der Waals surface area contributed by atoms with Crippen LogP contribution in [-0.2, 0) is 0 Å². The van der Waals surface area contributed by atoms with Crippen LogP contribution in [0.5, 0.6) is 0 Å². The van der Waals surface area contributed by atoms with Crippen LogP contribution in [0.3, 0.4) is 0 Å². The molecular weight excluding hydrogens is 759 g/mol. The van der Waals surface area contributed by atoms with Crippen molar-refractivity contribution in [1.29, 1.82) is 0 Å². The van der Waals surface area contributed by atoms with Crippen molar-refractivity contribution in [2.45, 2.75) is 0 Å². The highest BCUT2D eigenvalue weighted by atomic mass is 15.1. The van der Waals surface area contributed by atoms with Crippen LogP contribution in [0.2, 0.25) is 0 Å². The lowest BCUT2D eigenvalue weighted by molar-refractivity contribution is 1.30. The fourth-order valence-corrected chi connectivity index (χ4v) is 9.82. The quantitative estimate of drug-likeness (QED) is 0.145. The Labute approximate surface area is 367 Å². The first-order valence-corrected chi connectivity index (χ1v) is 21.7. The van der Waals surface area contributed by atoms with Gasteiger partial charge in [0.15, 0.2) is 0 Å². The first-order valence-electron chi connectivity index (χ1n) is 21.7. The lowest BCUT2D eigenvalue weighted by Gasteiger charge is -2.31. The van der Waals surface area contributed by atoms with Gasteiger partial charge in [-0.3, -0.25) is 0 Å². The van der Waals surface area contributed by atoms with Gasteiger partial charge in [0, 0.05) is 22.3 Å². The third-order valence-corrected chi connectivity index (χ3v) is 12.8. The maximum Gasteiger partial charge on any atom is 0.0624 e. The molecule has 12 rings (SSSR count). The number of hydrogen-bond acceptors (Lipinski definition) is 1. The van der Waals surface area contributed by atoms with Gasteiger partial charge >= 0.3 is 0 Å². The highest BCUT2D eigenvalue weighted by Crippen LogP contribution is 2.50. The van der Waals surface area contributed by atoms with Crippen molar-refractivity contribution >= 4 is 70.9 Å². The minimum Gasteiger partial charge on any atom is -0.309 e. The second kappa shape index (κ2) is 15.3. The van der Waals surface area contributed by atoms with E-state index in [2.05, 4.69) is 254 Å². The van der Waals surface area contributed by atoms with Gasteiger partial charge in [0.25, 0.3) is 0 Å². The maximum absolute atomic E-state index is 2.50. The van der Waals surface area contributed by atoms with Gasteiger partial charge in [-0.05, 0) is 124 Å². The van der Waals surface area contributed by atoms with Crippen LogP contribution in [0.4, 0.5) is 17.1 Å². The average molecular weight is 800 g/mol. The molecule has 0 fully saturated rings. The molecule has 63 heavy (non-hydrogen) atoms. The van der Waals surface area contributed by atoms with Crippen LogP contribution in [0, 0.1) is 0 Å². The minimum atomic E-state index is 1.08. The molecule has 294 valence electrons. The summed E-state index contributed by atoms with van der Waals surface area (Å²) < 4.78 is 0. The molecule has 0 bridgehead atoms. The molecule has 12 aromatic rings. The maximum atomic E-state index is 2.50. The summed E-state index contributed by atoms with van der Waals surface area (Å²) in [4.78, 5) is 2.50. The summed E-state index contributed by atoms with van der Waals surface area (Å²) in [5.41, 5.74) is 12.8. The molecule has 0 saturated carbocycles. The average Bonchev–Trinajstić information content (AvgIpc) is 3.36. The van der Waals surface area contributed by atoms with Gasteiger partial charge in [-0.15, -0.1) is 0 Å². The number of fused-ring (bicyclic) bond motifs is 7. The Morgan fingerprint density at radius 2 is 0.730 bits per heavy atom. The summed E-state index contributed by atoms with van der Waals surface area (Å²) >= 11 is 0. The highest BCUT2D eigenvalue weighted by molar-refractivity contribution is 6.22. The Kier molecular flexibility index (Phi) is 8.90. The van der Waals surface area contributed by atoms with Crippen molar-refractivity contribution in [1.82, 2.24) is 0 Å². The molecule has 1 heteroatoms. The van der Waals surface area contributed by atoms with Crippen molar-refractivity contribution in [3.63, 3.8) is 0 Å². The van der Waals surface area contributed by atoms with Crippen LogP contribution in [0.1, 0.15) is 0 Å². The summed E-state index contributed by atoms with van der Waals surface area (Å²) in [5.74, 6) is 0. The molecule has 0 radical (unpaired) electrons. The van der Waals surface area contributed by atoms with E-state index >= 15 is 0 Å². The van der Waals surface area contributed by atoms with Gasteiger partial charge in [0.05, 0.1) is 5.69 Å². The van der Waals surface area contributed by atoms with Gasteiger partial charge in [-0.25, -0.2) is 0 Å². The Morgan fingerprint density at radius 1 is 0.222 bits per heavy atom. The van der Waals surface area contributed by atoms with Crippen LogP contribution in [0.25, 0.3) is 98.4 Å². The molecule has 0 atom stereocenters. The number of hydrogen-bond donors (Lipinski definition) is 0. The summed E-state index contributed by atoms with van der Waals surface area (Å²) in [6.07, 6.45) is 0. The van der Waals surface area contributed by atoms with Gasteiger partial charge in [0.1, 0.15) is 0 Å². The molecule has 12 aromatic carbocycles. The SMILES string of the molecule is c1ccc(-c2cccc(-c3c(N(c4ccc(-c5ccc6c(ccc7ccccc76)c5)cc4)c4cccc(-c5cccc6ccccc56)c4)c4ccccc4c4ccccc34)c2)cc1. The Hall–Kier alpha value is -8.26. The molecule has 0 aliphatic heterocycles. The second-order valence-electron chi connectivity index (χ2n) is 16.4. The van der Waals surface area contributed by atoms with Crippen LogP contribution >= 0.6 is 0 Å². The van der Waals surface area contributed by atoms with Crippen molar-refractivity contribution in [3.8, 4) is 44.5 Å². The van der Waals surface area contributed by atoms with E-state index in [0.717, 1.165) is 17.1 Å². The van der Waals surface area contributed by atoms with Gasteiger partial charge in [0.2, 0.25) is 0 Å². The predicted octanol–water partition coefficient (Wildman–Crippen LogP) is 17.6. The lowest BCUT2D eigenvalue weighted by atomic mass is 9.88. The molecule has 0 aliphatic carbocycles. The van der Waals surface area contributed by atoms with Crippen LogP contribution in [0.15, 0.2) is 249 Å². The lowest BCUT2D eigenvalue weighted by Crippen LogP contribution is -2.12. The predicted molar refractivity (Wildman–Crippen MR) is 270 cm³/mol. The molecular formula is C62H41N. The van der Waals surface area contributed by atoms with E-state index in [1.54, 1.807) is 0 Å². The standard InChI is InChI=1S/C62H41N/c1-2-15-42(16-3-1)46-20-12-22-50(40-46)61-59-28-10-8-26-57(59)58-27-9-11-29-60(58)62(61)63(52-23-13-21-48(41-52)55-30-14-19-44-17-4-6-24-53(44)55)51-36-33-43(34-37-51)47-35-38-56-49(39-47)32-31-45-18-5-7-25-54(45)56/h1-41H. The molecule has 0 aromatic heterocycles. The zero-order chi connectivity index (χ0) is 41.7. The van der Waals surface area contributed by atoms with E-state index in [1.165, 1.54) is 98.4 Å². The zero-order valence-electron chi connectivity index (χ0n) is 34.6. The van der Waals surface area contributed by atoms with E-state index in [-0.39, 0.29) is 0 Å². The highest BCUT2D eigenvalue weighted by Gasteiger charge is 2.24. The molecule has 0 spiro atoms. The summed E-state index contributed by atoms with van der Waals surface area (Å²) in [5, 5.41) is 12.4. The van der Waals surface area contributed by atoms with Crippen LogP contribution < -0.4 is 4.90 Å². The summed E-state index contributed by atoms with van der Waals surface area (Å²) in [6, 6.07) is 91.2. The smallest absolute Gasteiger partial charge is 0.0624 e. The molecule has 0 heterocycles. The second-order valence-corrected chi connectivity index (χ2v) is 16.4. The number of benzene rings is 12. The van der Waals surface area contributed by atoms with Crippen molar-refractivity contribution in [2.75, 3.05) is 4.90 Å². The first-order chi connectivity index (χ1) is 31.2. The van der Waals surface area contributed by atoms with E-state index in [0.29, 0.717) is 0 Å². The van der Waals surface area contributed by atoms with E-state index in [4.69, 9.17) is 0 Å². The van der Waals surface area contributed by atoms with Gasteiger partial charge in [-0.1, -0.05) is 212 Å². The molecule has 0 aliphatic rings. The topological polar surface area (TPSA) is 3.24 Å². The number of rotatable bonds is 7. The minimum absolute atomic E-state index is 1.08. The monoisotopic (exact) mass is 799 g/mol. The Bertz CT molecular complexity index is 3670. The van der Waals surface area contributed by atoms with Crippen LogP contribution in [-0.4, -0.2) is 0 Å². The van der Waals surface area contributed by atoms with E-state index in [1.807, 2.05) is 0 Å². The van der Waals surface area contributed by atoms with E-state index < -0.39 is 0 Å².